The van der Waals surface area contributed by atoms with Crippen molar-refractivity contribution in [1.29, 1.82) is 0 Å². The maximum atomic E-state index is 9.33. The zero-order valence-electron chi connectivity index (χ0n) is 7.77. The number of fused-ring (bicyclic) bond motifs is 1. The van der Waals surface area contributed by atoms with Crippen molar-refractivity contribution in [3.63, 3.8) is 0 Å². The van der Waals surface area contributed by atoms with E-state index in [2.05, 4.69) is 4.98 Å². The van der Waals surface area contributed by atoms with Crippen LogP contribution in [0, 0.1) is 0 Å². The molecular formula is C12H17NO2. The first-order valence-corrected chi connectivity index (χ1v) is 4.65. The minimum absolute atomic E-state index is 0. The zero-order valence-corrected chi connectivity index (χ0v) is 7.77. The van der Waals surface area contributed by atoms with E-state index in [1.54, 1.807) is 0 Å². The fourth-order valence-corrected chi connectivity index (χ4v) is 1.62. The smallest absolute Gasteiger partial charge is 0.0811 e. The fourth-order valence-electron chi connectivity index (χ4n) is 1.62. The fraction of sp³-hybridized carbons (Fsp3) is 0.333. The standard InChI is InChI=1S/C11H13NO2.CH4/c13-7-9(14)5-8-6-12-11-4-2-1-3-10(8)11;/h1-4,6,9,12-14H,5,7H2;1H4. The Morgan fingerprint density at radius 3 is 2.73 bits per heavy atom. The lowest BCUT2D eigenvalue weighted by atomic mass is 10.1. The Morgan fingerprint density at radius 1 is 1.27 bits per heavy atom. The molecule has 82 valence electrons. The van der Waals surface area contributed by atoms with Gasteiger partial charge in [0.2, 0.25) is 0 Å². The van der Waals surface area contributed by atoms with Crippen molar-refractivity contribution in [2.75, 3.05) is 6.61 Å². The summed E-state index contributed by atoms with van der Waals surface area (Å²) >= 11 is 0. The van der Waals surface area contributed by atoms with Gasteiger partial charge in [-0.15, -0.1) is 0 Å². The van der Waals surface area contributed by atoms with E-state index in [4.69, 9.17) is 5.11 Å². The number of hydrogen-bond acceptors (Lipinski definition) is 2. The lowest BCUT2D eigenvalue weighted by Gasteiger charge is -2.04. The molecule has 1 heterocycles. The SMILES string of the molecule is C.OCC(O)Cc1c[nH]c2ccccc12. The summed E-state index contributed by atoms with van der Waals surface area (Å²) in [5.74, 6) is 0. The molecule has 0 amide bonds. The Kier molecular flexibility index (Phi) is 3.88. The second-order valence-corrected chi connectivity index (χ2v) is 3.40. The van der Waals surface area contributed by atoms with Crippen LogP contribution in [0.3, 0.4) is 0 Å². The summed E-state index contributed by atoms with van der Waals surface area (Å²) in [5.41, 5.74) is 2.11. The van der Waals surface area contributed by atoms with E-state index in [0.29, 0.717) is 6.42 Å². The number of aliphatic hydroxyl groups excluding tert-OH is 2. The Hall–Kier alpha value is -1.32. The average molecular weight is 207 g/mol. The average Bonchev–Trinajstić information content (AvgIpc) is 2.62. The first-order valence-electron chi connectivity index (χ1n) is 4.65. The topological polar surface area (TPSA) is 56.2 Å². The first kappa shape index (κ1) is 11.8. The molecule has 1 aromatic carbocycles. The molecule has 0 aliphatic rings. The predicted molar refractivity (Wildman–Crippen MR) is 61.8 cm³/mol. The van der Waals surface area contributed by atoms with E-state index >= 15 is 0 Å². The molecule has 2 rings (SSSR count). The van der Waals surface area contributed by atoms with E-state index < -0.39 is 6.10 Å². The minimum atomic E-state index is -0.672. The van der Waals surface area contributed by atoms with Crippen LogP contribution in [0.5, 0.6) is 0 Å². The number of H-pyrrole nitrogens is 1. The molecule has 0 aliphatic carbocycles. The van der Waals surface area contributed by atoms with Crippen LogP contribution in [0.1, 0.15) is 13.0 Å². The third kappa shape index (κ3) is 2.37. The molecule has 3 heteroatoms. The number of para-hydroxylation sites is 1. The number of benzene rings is 1. The molecule has 0 bridgehead atoms. The van der Waals surface area contributed by atoms with Crippen LogP contribution in [0.25, 0.3) is 10.9 Å². The van der Waals surface area contributed by atoms with Crippen molar-refractivity contribution in [3.8, 4) is 0 Å². The number of nitrogens with one attached hydrogen (secondary N) is 1. The van der Waals surface area contributed by atoms with Crippen molar-refractivity contribution in [3.05, 3.63) is 36.0 Å². The number of aromatic amines is 1. The van der Waals surface area contributed by atoms with Gasteiger partial charge in [-0.05, 0) is 11.6 Å². The highest BCUT2D eigenvalue weighted by atomic mass is 16.3. The molecule has 0 fully saturated rings. The van der Waals surface area contributed by atoms with Crippen molar-refractivity contribution >= 4 is 10.9 Å². The van der Waals surface area contributed by atoms with Crippen LogP contribution in [0.2, 0.25) is 0 Å². The van der Waals surface area contributed by atoms with Gasteiger partial charge in [0.25, 0.3) is 0 Å². The highest BCUT2D eigenvalue weighted by Crippen LogP contribution is 2.18. The highest BCUT2D eigenvalue weighted by molar-refractivity contribution is 5.83. The summed E-state index contributed by atoms with van der Waals surface area (Å²) in [7, 11) is 0. The maximum absolute atomic E-state index is 9.33. The van der Waals surface area contributed by atoms with Gasteiger partial charge in [0.1, 0.15) is 0 Å². The lowest BCUT2D eigenvalue weighted by molar-refractivity contribution is 0.0957. The second kappa shape index (κ2) is 4.96. The van der Waals surface area contributed by atoms with Gasteiger partial charge in [-0.25, -0.2) is 0 Å². The van der Waals surface area contributed by atoms with Crippen LogP contribution in [-0.2, 0) is 6.42 Å². The van der Waals surface area contributed by atoms with E-state index in [9.17, 15) is 5.11 Å². The maximum Gasteiger partial charge on any atom is 0.0811 e. The van der Waals surface area contributed by atoms with E-state index in [-0.39, 0.29) is 14.0 Å². The van der Waals surface area contributed by atoms with Crippen LogP contribution in [-0.4, -0.2) is 27.9 Å². The van der Waals surface area contributed by atoms with Gasteiger partial charge in [-0.1, -0.05) is 25.6 Å². The molecule has 15 heavy (non-hydrogen) atoms. The van der Waals surface area contributed by atoms with Crippen molar-refractivity contribution in [1.82, 2.24) is 4.98 Å². The highest BCUT2D eigenvalue weighted by Gasteiger charge is 2.07. The number of aromatic nitrogens is 1. The molecule has 3 nitrogen and oxygen atoms in total. The van der Waals surface area contributed by atoms with Gasteiger partial charge < -0.3 is 15.2 Å². The molecule has 1 aromatic heterocycles. The predicted octanol–water partition coefficient (Wildman–Crippen LogP) is 1.70. The number of aliphatic hydroxyl groups is 2. The summed E-state index contributed by atoms with van der Waals surface area (Å²) < 4.78 is 0. The Bertz CT molecular complexity index is 422. The largest absolute Gasteiger partial charge is 0.394 e. The van der Waals surface area contributed by atoms with Crippen molar-refractivity contribution < 1.29 is 10.2 Å². The first-order chi connectivity index (χ1) is 6.81. The molecule has 3 N–H and O–H groups in total. The monoisotopic (exact) mass is 207 g/mol. The molecule has 0 saturated heterocycles. The van der Waals surface area contributed by atoms with Crippen LogP contribution < -0.4 is 0 Å². The van der Waals surface area contributed by atoms with Gasteiger partial charge >= 0.3 is 0 Å². The number of rotatable bonds is 3. The quantitative estimate of drug-likeness (QED) is 0.717. The Morgan fingerprint density at radius 2 is 2.00 bits per heavy atom. The van der Waals surface area contributed by atoms with Crippen molar-refractivity contribution in [2.45, 2.75) is 20.0 Å². The van der Waals surface area contributed by atoms with E-state index in [0.717, 1.165) is 16.5 Å². The van der Waals surface area contributed by atoms with E-state index in [1.807, 2.05) is 30.5 Å². The molecule has 2 aromatic rings. The molecular weight excluding hydrogens is 190 g/mol. The summed E-state index contributed by atoms with van der Waals surface area (Å²) in [6, 6.07) is 7.92. The van der Waals surface area contributed by atoms with Gasteiger partial charge in [0.15, 0.2) is 0 Å². The van der Waals surface area contributed by atoms with E-state index in [1.165, 1.54) is 0 Å². The summed E-state index contributed by atoms with van der Waals surface area (Å²) in [4.78, 5) is 3.12. The van der Waals surface area contributed by atoms with Crippen LogP contribution in [0.15, 0.2) is 30.5 Å². The molecule has 0 saturated carbocycles. The summed E-state index contributed by atoms with van der Waals surface area (Å²) in [6.45, 7) is -0.195. The zero-order chi connectivity index (χ0) is 9.97. The molecule has 1 unspecified atom stereocenters. The summed E-state index contributed by atoms with van der Waals surface area (Å²) in [5, 5.41) is 19.2. The minimum Gasteiger partial charge on any atom is -0.394 e. The van der Waals surface area contributed by atoms with Crippen LogP contribution in [0.4, 0.5) is 0 Å². The normalized spacial score (nSPS) is 12.4. The van der Waals surface area contributed by atoms with Gasteiger partial charge in [0.05, 0.1) is 12.7 Å². The number of hydrogen-bond donors (Lipinski definition) is 3. The molecule has 0 aliphatic heterocycles. The molecule has 0 spiro atoms. The van der Waals surface area contributed by atoms with Gasteiger partial charge in [0, 0.05) is 23.5 Å². The van der Waals surface area contributed by atoms with Crippen LogP contribution >= 0.6 is 0 Å². The Labute approximate surface area is 89.4 Å². The molecule has 0 radical (unpaired) electrons. The molecule has 1 atom stereocenters. The summed E-state index contributed by atoms with van der Waals surface area (Å²) in [6.07, 6.45) is 1.69. The third-order valence-electron chi connectivity index (χ3n) is 2.34. The third-order valence-corrected chi connectivity index (χ3v) is 2.34. The second-order valence-electron chi connectivity index (χ2n) is 3.40. The van der Waals surface area contributed by atoms with Gasteiger partial charge in [-0.2, -0.15) is 0 Å². The van der Waals surface area contributed by atoms with Gasteiger partial charge in [-0.3, -0.25) is 0 Å². The lowest BCUT2D eigenvalue weighted by Crippen LogP contribution is -2.14. The van der Waals surface area contributed by atoms with Crippen molar-refractivity contribution in [2.24, 2.45) is 0 Å². The Balaban J connectivity index is 0.00000112.